The molecule has 1 aliphatic rings. The van der Waals surface area contributed by atoms with Crippen molar-refractivity contribution in [2.45, 2.75) is 23.2 Å². The predicted molar refractivity (Wildman–Crippen MR) is 121 cm³/mol. The Bertz CT molecular complexity index is 1230. The first-order valence-corrected chi connectivity index (χ1v) is 12.0. The summed E-state index contributed by atoms with van der Waals surface area (Å²) in [7, 11) is -4.12. The van der Waals surface area contributed by atoms with E-state index in [1.165, 1.54) is 12.1 Å². The lowest BCUT2D eigenvalue weighted by atomic mass is 10.1. The Labute approximate surface area is 188 Å². The second-order valence-electron chi connectivity index (χ2n) is 6.85. The minimum atomic E-state index is -4.12. The Morgan fingerprint density at radius 1 is 1.06 bits per heavy atom. The van der Waals surface area contributed by atoms with Gasteiger partial charge >= 0.3 is 0 Å². The highest BCUT2D eigenvalue weighted by Gasteiger charge is 2.42. The highest BCUT2D eigenvalue weighted by Crippen LogP contribution is 2.39. The Balaban J connectivity index is 1.64. The van der Waals surface area contributed by atoms with E-state index in [-0.39, 0.29) is 17.2 Å². The van der Waals surface area contributed by atoms with Gasteiger partial charge in [-0.25, -0.2) is 8.42 Å². The Morgan fingerprint density at radius 2 is 1.77 bits per heavy atom. The monoisotopic (exact) mass is 475 g/mol. The molecule has 0 radical (unpaired) electrons. The van der Waals surface area contributed by atoms with Crippen LogP contribution in [0.25, 0.3) is 0 Å². The minimum Gasteiger partial charge on any atom is -0.352 e. The van der Waals surface area contributed by atoms with Gasteiger partial charge in [0.1, 0.15) is 10.3 Å². The maximum atomic E-state index is 13.4. The zero-order valence-electron chi connectivity index (χ0n) is 16.1. The molecule has 0 aliphatic carbocycles. The Morgan fingerprint density at radius 3 is 2.48 bits per heavy atom. The molecule has 10 heteroatoms. The van der Waals surface area contributed by atoms with E-state index in [0.29, 0.717) is 15.7 Å². The molecule has 1 aromatic heterocycles. The van der Waals surface area contributed by atoms with Gasteiger partial charge in [0.15, 0.2) is 0 Å². The van der Waals surface area contributed by atoms with E-state index in [0.717, 1.165) is 21.2 Å². The van der Waals surface area contributed by atoms with Gasteiger partial charge in [-0.3, -0.25) is 13.9 Å². The van der Waals surface area contributed by atoms with Crippen LogP contribution in [0.3, 0.4) is 0 Å². The van der Waals surface area contributed by atoms with Crippen molar-refractivity contribution in [3.05, 3.63) is 76.6 Å². The van der Waals surface area contributed by atoms with Crippen LogP contribution in [0.15, 0.2) is 70.9 Å². The average molecular weight is 476 g/mol. The van der Waals surface area contributed by atoms with Crippen LogP contribution >= 0.6 is 22.9 Å². The quantitative estimate of drug-likeness (QED) is 0.569. The molecule has 7 nitrogen and oxygen atoms in total. The average Bonchev–Trinajstić information content (AvgIpc) is 3.20. The van der Waals surface area contributed by atoms with E-state index >= 15 is 0 Å². The van der Waals surface area contributed by atoms with Crippen LogP contribution in [0.4, 0.5) is 11.4 Å². The van der Waals surface area contributed by atoms with Gasteiger partial charge in [-0.2, -0.15) is 0 Å². The molecule has 160 valence electrons. The highest BCUT2D eigenvalue weighted by molar-refractivity contribution is 7.95. The van der Waals surface area contributed by atoms with Gasteiger partial charge in [-0.05, 0) is 29.8 Å². The van der Waals surface area contributed by atoms with Crippen molar-refractivity contribution in [1.82, 2.24) is 5.32 Å². The van der Waals surface area contributed by atoms with E-state index < -0.39 is 27.9 Å². The summed E-state index contributed by atoms with van der Waals surface area (Å²) >= 11 is 6.84. The van der Waals surface area contributed by atoms with E-state index in [1.54, 1.807) is 24.3 Å². The van der Waals surface area contributed by atoms with Crippen molar-refractivity contribution in [2.75, 3.05) is 9.62 Å². The van der Waals surface area contributed by atoms with Crippen molar-refractivity contribution in [3.8, 4) is 0 Å². The molecule has 2 N–H and O–H groups in total. The Hall–Kier alpha value is -2.88. The van der Waals surface area contributed by atoms with Crippen LogP contribution in [-0.2, 0) is 26.2 Å². The summed E-state index contributed by atoms with van der Waals surface area (Å²) in [5.41, 5.74) is 1.55. The summed E-state index contributed by atoms with van der Waals surface area (Å²) in [5.74, 6) is -1.01. The number of nitrogens with zero attached hydrogens (tertiary/aromatic N) is 1. The van der Waals surface area contributed by atoms with Crippen molar-refractivity contribution in [3.63, 3.8) is 0 Å². The molecule has 1 atom stereocenters. The summed E-state index contributed by atoms with van der Waals surface area (Å²) in [5, 5.41) is 5.45. The zero-order valence-corrected chi connectivity index (χ0v) is 18.5. The standard InChI is InChI=1S/C21H18ClN3O4S2/c22-18-10-11-20(30-18)31(28,29)25-16-9-5-4-8-15(16)24-21(27)17(25)12-19(26)23-13-14-6-2-1-3-7-14/h1-11,17H,12-13H2,(H,23,26)(H,24,27). The number of nitrogens with one attached hydrogen (secondary N) is 2. The number of amides is 2. The normalized spacial score (nSPS) is 15.8. The third-order valence-corrected chi connectivity index (χ3v) is 8.28. The largest absolute Gasteiger partial charge is 0.352 e. The number of rotatable bonds is 6. The number of anilines is 2. The fourth-order valence-corrected chi connectivity index (χ4v) is 6.51. The fraction of sp³-hybridized carbons (Fsp3) is 0.143. The van der Waals surface area contributed by atoms with Crippen molar-refractivity contribution >= 4 is 56.2 Å². The number of sulfonamides is 1. The first-order chi connectivity index (χ1) is 14.9. The first-order valence-electron chi connectivity index (χ1n) is 9.36. The third kappa shape index (κ3) is 4.43. The predicted octanol–water partition coefficient (Wildman–Crippen LogP) is 3.62. The molecule has 4 rings (SSSR count). The molecule has 1 aliphatic heterocycles. The maximum absolute atomic E-state index is 13.4. The number of benzene rings is 2. The van der Waals surface area contributed by atoms with Crippen LogP contribution < -0.4 is 14.9 Å². The van der Waals surface area contributed by atoms with Crippen molar-refractivity contribution < 1.29 is 18.0 Å². The highest BCUT2D eigenvalue weighted by atomic mass is 35.5. The van der Waals surface area contributed by atoms with Crippen molar-refractivity contribution in [2.24, 2.45) is 0 Å². The second-order valence-corrected chi connectivity index (χ2v) is 10.6. The summed E-state index contributed by atoms with van der Waals surface area (Å²) in [4.78, 5) is 25.5. The van der Waals surface area contributed by atoms with Crippen LogP contribution in [-0.4, -0.2) is 26.3 Å². The summed E-state index contributed by atoms with van der Waals surface area (Å²) in [6.07, 6.45) is -0.328. The van der Waals surface area contributed by atoms with E-state index in [2.05, 4.69) is 10.6 Å². The number of halogens is 1. The van der Waals surface area contributed by atoms with Gasteiger partial charge in [-0.15, -0.1) is 11.3 Å². The molecule has 0 spiro atoms. The summed E-state index contributed by atoms with van der Waals surface area (Å²) < 4.78 is 28.2. The number of carbonyl (C=O) groups excluding carboxylic acids is 2. The number of hydrogen-bond donors (Lipinski definition) is 2. The molecule has 0 bridgehead atoms. The van der Waals surface area contributed by atoms with Gasteiger partial charge < -0.3 is 10.6 Å². The Kier molecular flexibility index (Phi) is 5.99. The van der Waals surface area contributed by atoms with Gasteiger partial charge in [0.25, 0.3) is 10.0 Å². The molecule has 0 fully saturated rings. The zero-order chi connectivity index (χ0) is 22.0. The van der Waals surface area contributed by atoms with Crippen LogP contribution in [0.5, 0.6) is 0 Å². The summed E-state index contributed by atoms with van der Waals surface area (Å²) in [6, 6.07) is 17.5. The van der Waals surface area contributed by atoms with E-state index in [4.69, 9.17) is 11.6 Å². The molecule has 3 aromatic rings. The maximum Gasteiger partial charge on any atom is 0.274 e. The second kappa shape index (κ2) is 8.70. The SMILES string of the molecule is O=C(CC1C(=O)Nc2ccccc2N1S(=O)(=O)c1ccc(Cl)s1)NCc1ccccc1. The molecular weight excluding hydrogens is 458 g/mol. The lowest BCUT2D eigenvalue weighted by Crippen LogP contribution is -2.52. The molecule has 2 amide bonds. The van der Waals surface area contributed by atoms with Gasteiger partial charge in [0.2, 0.25) is 11.8 Å². The first kappa shape index (κ1) is 21.4. The van der Waals surface area contributed by atoms with Gasteiger partial charge in [0.05, 0.1) is 22.1 Å². The number of thiophene rings is 1. The molecule has 0 saturated heterocycles. The van der Waals surface area contributed by atoms with Gasteiger partial charge in [-0.1, -0.05) is 54.1 Å². The minimum absolute atomic E-state index is 0.00306. The lowest BCUT2D eigenvalue weighted by Gasteiger charge is -2.36. The topological polar surface area (TPSA) is 95.6 Å². The van der Waals surface area contributed by atoms with Crippen LogP contribution in [0.1, 0.15) is 12.0 Å². The third-order valence-electron chi connectivity index (χ3n) is 4.76. The molecular formula is C21H18ClN3O4S2. The number of hydrogen-bond acceptors (Lipinski definition) is 5. The molecule has 2 heterocycles. The molecule has 31 heavy (non-hydrogen) atoms. The molecule has 1 unspecified atom stereocenters. The molecule has 2 aromatic carbocycles. The number of carbonyl (C=O) groups is 2. The molecule has 0 saturated carbocycles. The fourth-order valence-electron chi connectivity index (χ4n) is 3.31. The lowest BCUT2D eigenvalue weighted by molar-refractivity contribution is -0.125. The number of para-hydroxylation sites is 2. The van der Waals surface area contributed by atoms with Crippen molar-refractivity contribution in [1.29, 1.82) is 0 Å². The van der Waals surface area contributed by atoms with Crippen LogP contribution in [0.2, 0.25) is 4.34 Å². The van der Waals surface area contributed by atoms with Crippen LogP contribution in [0, 0.1) is 0 Å². The van der Waals surface area contributed by atoms with E-state index in [1.807, 2.05) is 30.3 Å². The smallest absolute Gasteiger partial charge is 0.274 e. The van der Waals surface area contributed by atoms with E-state index in [9.17, 15) is 18.0 Å². The summed E-state index contributed by atoms with van der Waals surface area (Å²) in [6.45, 7) is 0.276. The van der Waals surface area contributed by atoms with Gasteiger partial charge in [0, 0.05) is 6.54 Å². The number of fused-ring (bicyclic) bond motifs is 1.